The van der Waals surface area contributed by atoms with Crippen LogP contribution in [0, 0.1) is 6.92 Å². The summed E-state index contributed by atoms with van der Waals surface area (Å²) in [6, 6.07) is 14.7. The summed E-state index contributed by atoms with van der Waals surface area (Å²) in [4.78, 5) is 42.4. The Hall–Kier alpha value is -3.35. The van der Waals surface area contributed by atoms with Crippen molar-refractivity contribution in [3.63, 3.8) is 0 Å². The number of unbranched alkanes of at least 4 members (excludes halogenated alkanes) is 1. The van der Waals surface area contributed by atoms with Gasteiger partial charge in [-0.3, -0.25) is 14.5 Å². The van der Waals surface area contributed by atoms with Crippen molar-refractivity contribution >= 4 is 29.2 Å². The molecule has 1 unspecified atom stereocenters. The van der Waals surface area contributed by atoms with E-state index in [4.69, 9.17) is 0 Å². The summed E-state index contributed by atoms with van der Waals surface area (Å²) in [6.45, 7) is 5.78. The van der Waals surface area contributed by atoms with Gasteiger partial charge in [0.2, 0.25) is 5.91 Å². The number of carbonyl (C=O) groups is 3. The second-order valence-electron chi connectivity index (χ2n) is 8.94. The molecule has 2 aromatic rings. The Morgan fingerprint density at radius 2 is 1.82 bits per heavy atom. The molecule has 0 saturated carbocycles. The molecule has 2 saturated heterocycles. The Kier molecular flexibility index (Phi) is 6.67. The Morgan fingerprint density at radius 3 is 2.48 bits per heavy atom. The maximum atomic E-state index is 13.4. The summed E-state index contributed by atoms with van der Waals surface area (Å²) in [7, 11) is 0. The number of urea groups is 1. The molecule has 0 aromatic heterocycles. The Labute approximate surface area is 195 Å². The summed E-state index contributed by atoms with van der Waals surface area (Å²) in [5, 5.41) is 5.76. The summed E-state index contributed by atoms with van der Waals surface area (Å²) in [5.41, 5.74) is 2.41. The molecule has 1 atom stereocenters. The second-order valence-corrected chi connectivity index (χ2v) is 8.94. The van der Waals surface area contributed by atoms with Crippen LogP contribution in [0.25, 0.3) is 0 Å². The van der Waals surface area contributed by atoms with Gasteiger partial charge in [-0.05, 0) is 55.5 Å². The number of amides is 4. The number of nitrogens with zero attached hydrogens (tertiary/aromatic N) is 2. The van der Waals surface area contributed by atoms with Gasteiger partial charge >= 0.3 is 6.03 Å². The van der Waals surface area contributed by atoms with E-state index in [0.717, 1.165) is 47.6 Å². The first-order valence-corrected chi connectivity index (χ1v) is 11.8. The molecule has 7 nitrogen and oxygen atoms in total. The quantitative estimate of drug-likeness (QED) is 0.594. The van der Waals surface area contributed by atoms with E-state index in [0.29, 0.717) is 12.1 Å². The van der Waals surface area contributed by atoms with Crippen LogP contribution < -0.4 is 15.5 Å². The van der Waals surface area contributed by atoms with Gasteiger partial charge < -0.3 is 15.5 Å². The van der Waals surface area contributed by atoms with Gasteiger partial charge in [-0.25, -0.2) is 4.79 Å². The van der Waals surface area contributed by atoms with Gasteiger partial charge in [0.15, 0.2) is 0 Å². The number of anilines is 2. The molecule has 4 rings (SSSR count). The molecule has 2 aliphatic heterocycles. The fourth-order valence-electron chi connectivity index (χ4n) is 4.74. The van der Waals surface area contributed by atoms with Crippen molar-refractivity contribution < 1.29 is 14.4 Å². The first kappa shape index (κ1) is 22.8. The van der Waals surface area contributed by atoms with E-state index in [1.54, 1.807) is 0 Å². The van der Waals surface area contributed by atoms with Crippen LogP contribution in [-0.4, -0.2) is 42.4 Å². The molecule has 0 aliphatic carbocycles. The minimum Gasteiger partial charge on any atom is -0.372 e. The van der Waals surface area contributed by atoms with Gasteiger partial charge in [0.25, 0.3) is 5.91 Å². The van der Waals surface area contributed by atoms with Crippen LogP contribution in [-0.2, 0) is 15.1 Å². The van der Waals surface area contributed by atoms with Crippen LogP contribution in [0.15, 0.2) is 48.5 Å². The average molecular weight is 449 g/mol. The topological polar surface area (TPSA) is 81.8 Å². The van der Waals surface area contributed by atoms with E-state index in [1.165, 1.54) is 12.8 Å². The number of benzene rings is 2. The molecule has 2 N–H and O–H groups in total. The molecule has 2 aliphatic rings. The van der Waals surface area contributed by atoms with E-state index in [9.17, 15) is 14.4 Å². The normalized spacial score (nSPS) is 20.3. The monoisotopic (exact) mass is 448 g/mol. The van der Waals surface area contributed by atoms with Crippen LogP contribution in [0.5, 0.6) is 0 Å². The zero-order valence-corrected chi connectivity index (χ0v) is 19.4. The Balaban J connectivity index is 1.47. The maximum absolute atomic E-state index is 13.4. The molecule has 2 heterocycles. The highest BCUT2D eigenvalue weighted by atomic mass is 16.2. The maximum Gasteiger partial charge on any atom is 0.325 e. The smallest absolute Gasteiger partial charge is 0.325 e. The zero-order valence-electron chi connectivity index (χ0n) is 19.4. The lowest BCUT2D eigenvalue weighted by Gasteiger charge is -2.27. The summed E-state index contributed by atoms with van der Waals surface area (Å²) in [6.07, 6.45) is 4.57. The zero-order chi connectivity index (χ0) is 23.4. The highest BCUT2D eigenvalue weighted by molar-refractivity contribution is 6.10. The minimum absolute atomic E-state index is 0.321. The molecule has 2 aromatic carbocycles. The van der Waals surface area contributed by atoms with E-state index in [1.807, 2.05) is 56.3 Å². The van der Waals surface area contributed by atoms with Crippen molar-refractivity contribution in [2.45, 2.75) is 51.5 Å². The van der Waals surface area contributed by atoms with E-state index >= 15 is 0 Å². The molecule has 0 radical (unpaired) electrons. The number of imide groups is 1. The molecule has 0 bridgehead atoms. The summed E-state index contributed by atoms with van der Waals surface area (Å²) < 4.78 is 0. The SMILES string of the molecule is CCCCC1(c2ccccc2)NC(=O)N(CC(=O)Nc2ccc(N3CCCC3)cc2C)C1=O. The largest absolute Gasteiger partial charge is 0.372 e. The predicted molar refractivity (Wildman–Crippen MR) is 129 cm³/mol. The van der Waals surface area contributed by atoms with Gasteiger partial charge in [-0.15, -0.1) is 0 Å². The third kappa shape index (κ3) is 4.58. The fourth-order valence-corrected chi connectivity index (χ4v) is 4.74. The van der Waals surface area contributed by atoms with Gasteiger partial charge in [0, 0.05) is 24.5 Å². The lowest BCUT2D eigenvalue weighted by atomic mass is 9.85. The lowest BCUT2D eigenvalue weighted by Crippen LogP contribution is -2.44. The molecular weight excluding hydrogens is 416 g/mol. The molecule has 2 fully saturated rings. The van der Waals surface area contributed by atoms with Crippen LogP contribution >= 0.6 is 0 Å². The van der Waals surface area contributed by atoms with E-state index < -0.39 is 17.5 Å². The Morgan fingerprint density at radius 1 is 1.09 bits per heavy atom. The average Bonchev–Trinajstić information content (AvgIpc) is 3.43. The van der Waals surface area contributed by atoms with Crippen molar-refractivity contribution in [2.75, 3.05) is 29.9 Å². The number of rotatable bonds is 8. The minimum atomic E-state index is -1.12. The van der Waals surface area contributed by atoms with Crippen molar-refractivity contribution in [3.05, 3.63) is 59.7 Å². The summed E-state index contributed by atoms with van der Waals surface area (Å²) in [5.74, 6) is -0.765. The molecule has 174 valence electrons. The second kappa shape index (κ2) is 9.65. The number of nitrogens with one attached hydrogen (secondary N) is 2. The third-order valence-corrected chi connectivity index (χ3v) is 6.60. The van der Waals surface area contributed by atoms with Crippen LogP contribution in [0.2, 0.25) is 0 Å². The molecule has 4 amide bonds. The molecule has 33 heavy (non-hydrogen) atoms. The standard InChI is InChI=1S/C26H32N4O3/c1-3-4-14-26(20-10-6-5-7-11-20)24(32)30(25(33)28-26)18-23(31)27-22-13-12-21(17-19(22)2)29-15-8-9-16-29/h5-7,10-13,17H,3-4,8-9,14-16,18H2,1-2H3,(H,27,31)(H,28,33). The number of hydrogen-bond acceptors (Lipinski definition) is 4. The van der Waals surface area contributed by atoms with Gasteiger partial charge in [0.1, 0.15) is 12.1 Å². The van der Waals surface area contributed by atoms with Gasteiger partial charge in [-0.2, -0.15) is 0 Å². The van der Waals surface area contributed by atoms with Crippen molar-refractivity contribution in [1.82, 2.24) is 10.2 Å². The first-order chi connectivity index (χ1) is 15.9. The number of aryl methyl sites for hydroxylation is 1. The van der Waals surface area contributed by atoms with Crippen LogP contribution in [0.4, 0.5) is 16.2 Å². The fraction of sp³-hybridized carbons (Fsp3) is 0.423. The van der Waals surface area contributed by atoms with Crippen molar-refractivity contribution in [3.8, 4) is 0 Å². The van der Waals surface area contributed by atoms with Crippen LogP contribution in [0.1, 0.15) is 50.2 Å². The highest BCUT2D eigenvalue weighted by Gasteiger charge is 2.52. The number of carbonyl (C=O) groups excluding carboxylic acids is 3. The first-order valence-electron chi connectivity index (χ1n) is 11.8. The lowest BCUT2D eigenvalue weighted by molar-refractivity contribution is -0.134. The van der Waals surface area contributed by atoms with E-state index in [2.05, 4.69) is 21.6 Å². The van der Waals surface area contributed by atoms with E-state index in [-0.39, 0.29) is 12.5 Å². The van der Waals surface area contributed by atoms with Gasteiger partial charge in [-0.1, -0.05) is 50.1 Å². The Bertz CT molecular complexity index is 1030. The molecule has 0 spiro atoms. The predicted octanol–water partition coefficient (Wildman–Crippen LogP) is 4.17. The van der Waals surface area contributed by atoms with Crippen LogP contribution in [0.3, 0.4) is 0 Å². The van der Waals surface area contributed by atoms with Gasteiger partial charge in [0.05, 0.1) is 0 Å². The van der Waals surface area contributed by atoms with Crippen molar-refractivity contribution in [2.24, 2.45) is 0 Å². The molecular formula is C26H32N4O3. The summed E-state index contributed by atoms with van der Waals surface area (Å²) >= 11 is 0. The molecule has 7 heteroatoms. The highest BCUT2D eigenvalue weighted by Crippen LogP contribution is 2.34. The number of hydrogen-bond donors (Lipinski definition) is 2. The third-order valence-electron chi connectivity index (χ3n) is 6.60. The van der Waals surface area contributed by atoms with Crippen molar-refractivity contribution in [1.29, 1.82) is 0 Å².